The van der Waals surface area contributed by atoms with Crippen LogP contribution in [0.5, 0.6) is 11.5 Å². The van der Waals surface area contributed by atoms with Crippen LogP contribution in [-0.2, 0) is 4.79 Å². The highest BCUT2D eigenvalue weighted by atomic mass is 79.9. The van der Waals surface area contributed by atoms with Crippen molar-refractivity contribution in [2.75, 3.05) is 7.11 Å². The number of ether oxygens (including phenoxy) is 2. The second-order valence-corrected chi connectivity index (χ2v) is 6.82. The number of para-hydroxylation sites is 1. The topological polar surface area (TPSA) is 123 Å². The highest BCUT2D eigenvalue weighted by Gasteiger charge is 2.18. The summed E-state index contributed by atoms with van der Waals surface area (Å²) in [5, 5.41) is 13.3. The van der Waals surface area contributed by atoms with Gasteiger partial charge in [-0.1, -0.05) is 12.1 Å². The number of aromatic amines is 1. The molecule has 0 bridgehead atoms. The van der Waals surface area contributed by atoms with Crippen LogP contribution < -0.4 is 20.7 Å². The molecule has 3 rings (SSSR count). The second kappa shape index (κ2) is 8.31. The fourth-order valence-corrected chi connectivity index (χ4v) is 3.09. The van der Waals surface area contributed by atoms with E-state index >= 15 is 0 Å². The molecule has 0 spiro atoms. The highest BCUT2D eigenvalue weighted by Crippen LogP contribution is 2.37. The van der Waals surface area contributed by atoms with Gasteiger partial charge in [-0.05, 0) is 52.7 Å². The molecule has 0 saturated heterocycles. The SMILES string of the molecule is COc1cc(C=Nn2c(=O)[nH]c3ccccc3c2=O)cc(Br)c1O[C@H](C)C(=O)O. The van der Waals surface area contributed by atoms with Crippen molar-refractivity contribution in [3.05, 3.63) is 67.3 Å². The molecule has 2 aromatic carbocycles. The lowest BCUT2D eigenvalue weighted by molar-refractivity contribution is -0.144. The van der Waals surface area contributed by atoms with Crippen LogP contribution >= 0.6 is 15.9 Å². The zero-order valence-corrected chi connectivity index (χ0v) is 17.0. The molecule has 0 unspecified atom stereocenters. The van der Waals surface area contributed by atoms with Gasteiger partial charge in [-0.15, -0.1) is 4.68 Å². The van der Waals surface area contributed by atoms with Crippen molar-refractivity contribution >= 4 is 39.0 Å². The van der Waals surface area contributed by atoms with E-state index in [-0.39, 0.29) is 11.5 Å². The molecule has 1 heterocycles. The molecule has 29 heavy (non-hydrogen) atoms. The minimum Gasteiger partial charge on any atom is -0.493 e. The molecule has 1 atom stereocenters. The van der Waals surface area contributed by atoms with Gasteiger partial charge in [0, 0.05) is 0 Å². The zero-order valence-electron chi connectivity index (χ0n) is 15.4. The molecule has 9 nitrogen and oxygen atoms in total. The van der Waals surface area contributed by atoms with E-state index in [4.69, 9.17) is 14.6 Å². The third-order valence-corrected chi connectivity index (χ3v) is 4.59. The first-order chi connectivity index (χ1) is 13.8. The summed E-state index contributed by atoms with van der Waals surface area (Å²) in [6.45, 7) is 1.39. The quantitative estimate of drug-likeness (QED) is 0.542. The molecular formula is C19H16BrN3O6. The van der Waals surface area contributed by atoms with E-state index < -0.39 is 23.3 Å². The lowest BCUT2D eigenvalue weighted by Gasteiger charge is -2.15. The molecule has 1 aromatic heterocycles. The van der Waals surface area contributed by atoms with Crippen LogP contribution in [0.15, 0.2) is 55.6 Å². The Hall–Kier alpha value is -3.40. The maximum atomic E-state index is 12.5. The molecule has 2 N–H and O–H groups in total. The van der Waals surface area contributed by atoms with Gasteiger partial charge in [0.15, 0.2) is 17.6 Å². The second-order valence-electron chi connectivity index (χ2n) is 5.97. The fraction of sp³-hybridized carbons (Fsp3) is 0.158. The number of aromatic nitrogens is 2. The molecule has 0 aliphatic rings. The number of hydrogen-bond acceptors (Lipinski definition) is 6. The number of nitrogens with zero attached hydrogens (tertiary/aromatic N) is 2. The Morgan fingerprint density at radius 3 is 2.72 bits per heavy atom. The molecule has 0 saturated carbocycles. The third kappa shape index (κ3) is 4.21. The van der Waals surface area contributed by atoms with Crippen LogP contribution in [0, 0.1) is 0 Å². The summed E-state index contributed by atoms with van der Waals surface area (Å²) >= 11 is 3.31. The van der Waals surface area contributed by atoms with Crippen LogP contribution in [0.2, 0.25) is 0 Å². The van der Waals surface area contributed by atoms with Gasteiger partial charge in [0.25, 0.3) is 5.56 Å². The number of halogens is 1. The molecule has 0 aliphatic carbocycles. The largest absolute Gasteiger partial charge is 0.493 e. The number of carbonyl (C=O) groups is 1. The first-order valence-electron chi connectivity index (χ1n) is 8.37. The first kappa shape index (κ1) is 20.3. The van der Waals surface area contributed by atoms with Crippen LogP contribution in [0.3, 0.4) is 0 Å². The van der Waals surface area contributed by atoms with E-state index in [1.807, 2.05) is 0 Å². The van der Waals surface area contributed by atoms with E-state index in [2.05, 4.69) is 26.0 Å². The summed E-state index contributed by atoms with van der Waals surface area (Å²) in [6.07, 6.45) is 0.220. The van der Waals surface area contributed by atoms with Gasteiger partial charge < -0.3 is 19.6 Å². The van der Waals surface area contributed by atoms with Gasteiger partial charge in [0.1, 0.15) is 0 Å². The van der Waals surface area contributed by atoms with Crippen LogP contribution in [0.1, 0.15) is 12.5 Å². The van der Waals surface area contributed by atoms with Crippen LogP contribution in [0.4, 0.5) is 0 Å². The van der Waals surface area contributed by atoms with E-state index in [0.717, 1.165) is 4.68 Å². The van der Waals surface area contributed by atoms with Crippen molar-refractivity contribution in [1.29, 1.82) is 0 Å². The molecule has 0 amide bonds. The third-order valence-electron chi connectivity index (χ3n) is 4.00. The summed E-state index contributed by atoms with van der Waals surface area (Å²) in [7, 11) is 1.40. The number of carboxylic acid groups (broad SMARTS) is 1. The Balaban J connectivity index is 2.01. The van der Waals surface area contributed by atoms with Crippen molar-refractivity contribution < 1.29 is 19.4 Å². The van der Waals surface area contributed by atoms with Gasteiger partial charge in [0.05, 0.1) is 28.7 Å². The predicted molar refractivity (Wildman–Crippen MR) is 110 cm³/mol. The lowest BCUT2D eigenvalue weighted by atomic mass is 10.2. The number of H-pyrrole nitrogens is 1. The van der Waals surface area contributed by atoms with Crippen molar-refractivity contribution in [2.24, 2.45) is 5.10 Å². The summed E-state index contributed by atoms with van der Waals surface area (Å²) in [4.78, 5) is 38.3. The first-order valence-corrected chi connectivity index (χ1v) is 9.16. The number of fused-ring (bicyclic) bond motifs is 1. The summed E-state index contributed by atoms with van der Waals surface area (Å²) < 4.78 is 11.8. The number of methoxy groups -OCH3 is 1. The number of nitrogens with one attached hydrogen (secondary N) is 1. The number of carboxylic acids is 1. The van der Waals surface area contributed by atoms with Gasteiger partial charge in [-0.3, -0.25) is 4.79 Å². The molecule has 0 radical (unpaired) electrons. The minimum absolute atomic E-state index is 0.209. The molecule has 0 fully saturated rings. The standard InChI is InChI=1S/C19H16BrN3O6/c1-10(18(25)26)29-16-13(20)7-11(8-15(16)28-2)9-21-23-17(24)12-5-3-4-6-14(12)22-19(23)27/h3-10H,1-2H3,(H,22,27)(H,25,26)/t10-/m1/s1. The monoisotopic (exact) mass is 461 g/mol. The smallest absolute Gasteiger partial charge is 0.349 e. The van der Waals surface area contributed by atoms with Crippen LogP contribution in [0.25, 0.3) is 10.9 Å². The average Bonchev–Trinajstić information content (AvgIpc) is 2.69. The summed E-state index contributed by atoms with van der Waals surface area (Å²) in [5.74, 6) is -0.659. The van der Waals surface area contributed by atoms with Gasteiger partial charge >= 0.3 is 11.7 Å². The van der Waals surface area contributed by atoms with E-state index in [0.29, 0.717) is 20.9 Å². The van der Waals surface area contributed by atoms with Crippen molar-refractivity contribution in [1.82, 2.24) is 9.66 Å². The zero-order chi connectivity index (χ0) is 21.1. The van der Waals surface area contributed by atoms with Crippen molar-refractivity contribution in [2.45, 2.75) is 13.0 Å². The Kier molecular flexibility index (Phi) is 5.83. The minimum atomic E-state index is -1.13. The fourth-order valence-electron chi connectivity index (χ4n) is 2.54. The van der Waals surface area contributed by atoms with E-state index in [9.17, 15) is 14.4 Å². The number of aliphatic carboxylic acids is 1. The predicted octanol–water partition coefficient (Wildman–Crippen LogP) is 2.19. The highest BCUT2D eigenvalue weighted by molar-refractivity contribution is 9.10. The Bertz CT molecular complexity index is 1230. The molecule has 10 heteroatoms. The molecule has 0 aliphatic heterocycles. The molecular weight excluding hydrogens is 446 g/mol. The van der Waals surface area contributed by atoms with Gasteiger partial charge in [0.2, 0.25) is 0 Å². The number of rotatable bonds is 6. The Morgan fingerprint density at radius 1 is 1.31 bits per heavy atom. The van der Waals surface area contributed by atoms with E-state index in [1.165, 1.54) is 20.2 Å². The Morgan fingerprint density at radius 2 is 2.03 bits per heavy atom. The molecule has 150 valence electrons. The summed E-state index contributed by atoms with van der Waals surface area (Å²) in [6, 6.07) is 9.76. The number of hydrogen-bond donors (Lipinski definition) is 2. The van der Waals surface area contributed by atoms with Gasteiger partial charge in [-0.25, -0.2) is 9.59 Å². The normalized spacial score (nSPS) is 12.2. The average molecular weight is 462 g/mol. The Labute approximate surface area is 172 Å². The van der Waals surface area contributed by atoms with Crippen molar-refractivity contribution in [3.63, 3.8) is 0 Å². The van der Waals surface area contributed by atoms with E-state index in [1.54, 1.807) is 36.4 Å². The lowest BCUT2D eigenvalue weighted by Crippen LogP contribution is -2.32. The maximum absolute atomic E-state index is 12.5. The van der Waals surface area contributed by atoms with Gasteiger partial charge in [-0.2, -0.15) is 5.10 Å². The van der Waals surface area contributed by atoms with Crippen molar-refractivity contribution in [3.8, 4) is 11.5 Å². The number of benzene rings is 2. The molecule has 3 aromatic rings. The maximum Gasteiger partial charge on any atom is 0.349 e. The summed E-state index contributed by atoms with van der Waals surface area (Å²) in [5.41, 5.74) is -0.316. The van der Waals surface area contributed by atoms with Crippen LogP contribution in [-0.4, -0.2) is 40.2 Å².